The molecule has 4 nitrogen and oxygen atoms in total. The second-order valence-electron chi connectivity index (χ2n) is 3.69. The third-order valence-corrected chi connectivity index (χ3v) is 2.25. The van der Waals surface area contributed by atoms with Crippen LogP contribution in [0, 0.1) is 0 Å². The molecule has 0 saturated heterocycles. The van der Waals surface area contributed by atoms with Gasteiger partial charge in [-0.25, -0.2) is 4.99 Å². The monoisotopic (exact) mass is 214 g/mol. The van der Waals surface area contributed by atoms with Crippen LogP contribution in [0.5, 0.6) is 0 Å². The molecule has 0 radical (unpaired) electrons. The molecule has 0 spiro atoms. The van der Waals surface area contributed by atoms with Gasteiger partial charge in [0.1, 0.15) is 5.82 Å². The lowest BCUT2D eigenvalue weighted by molar-refractivity contribution is 1.08. The number of nitrogens with one attached hydrogen (secondary N) is 1. The Balaban J connectivity index is 2.11. The smallest absolute Gasteiger partial charge is 0.147 e. The van der Waals surface area contributed by atoms with Crippen LogP contribution in [0.3, 0.4) is 0 Å². The van der Waals surface area contributed by atoms with Crippen LogP contribution in [-0.4, -0.2) is 30.5 Å². The largest absolute Gasteiger partial charge is 0.378 e. The number of aromatic amines is 1. The van der Waals surface area contributed by atoms with E-state index in [2.05, 4.69) is 32.2 Å². The highest BCUT2D eigenvalue weighted by Gasteiger charge is 1.94. The van der Waals surface area contributed by atoms with E-state index in [4.69, 9.17) is 0 Å². The third kappa shape index (κ3) is 2.48. The molecule has 0 aliphatic heterocycles. The lowest BCUT2D eigenvalue weighted by atomic mass is 10.2. The van der Waals surface area contributed by atoms with Crippen molar-refractivity contribution in [2.75, 3.05) is 19.0 Å². The summed E-state index contributed by atoms with van der Waals surface area (Å²) in [5.41, 5.74) is 2.25. The molecule has 1 aromatic heterocycles. The number of hydrogen-bond acceptors (Lipinski definition) is 3. The molecule has 1 N–H and O–H groups in total. The van der Waals surface area contributed by atoms with Crippen molar-refractivity contribution in [2.24, 2.45) is 4.99 Å². The Morgan fingerprint density at radius 3 is 2.50 bits per heavy atom. The number of hydrogen-bond donors (Lipinski definition) is 1. The standard InChI is InChI=1S/C12H14N4/c1-16(2)11-5-3-10(4-6-11)9-13-12-7-8-14-15-12/h3-9H,1-2H3,(H,14,15). The molecule has 16 heavy (non-hydrogen) atoms. The van der Waals surface area contributed by atoms with Gasteiger partial charge in [0.15, 0.2) is 0 Å². The molecule has 0 atom stereocenters. The van der Waals surface area contributed by atoms with Gasteiger partial charge >= 0.3 is 0 Å². The molecule has 4 heteroatoms. The third-order valence-electron chi connectivity index (χ3n) is 2.25. The van der Waals surface area contributed by atoms with Gasteiger partial charge in [-0.15, -0.1) is 0 Å². The molecule has 82 valence electrons. The lowest BCUT2D eigenvalue weighted by Gasteiger charge is -2.11. The molecule has 0 aliphatic rings. The van der Waals surface area contributed by atoms with Crippen molar-refractivity contribution in [3.05, 3.63) is 42.1 Å². The van der Waals surface area contributed by atoms with E-state index in [1.54, 1.807) is 6.20 Å². The molecular weight excluding hydrogens is 200 g/mol. The van der Waals surface area contributed by atoms with Gasteiger partial charge in [-0.05, 0) is 17.7 Å². The lowest BCUT2D eigenvalue weighted by Crippen LogP contribution is -2.08. The topological polar surface area (TPSA) is 44.3 Å². The quantitative estimate of drug-likeness (QED) is 0.796. The summed E-state index contributed by atoms with van der Waals surface area (Å²) in [6.45, 7) is 0. The summed E-state index contributed by atoms with van der Waals surface area (Å²) in [7, 11) is 4.04. The average Bonchev–Trinajstić information content (AvgIpc) is 2.80. The van der Waals surface area contributed by atoms with E-state index in [0.29, 0.717) is 0 Å². The Morgan fingerprint density at radius 1 is 1.19 bits per heavy atom. The van der Waals surface area contributed by atoms with Crippen LogP contribution in [0.4, 0.5) is 11.5 Å². The fourth-order valence-corrected chi connectivity index (χ4v) is 1.32. The van der Waals surface area contributed by atoms with Gasteiger partial charge in [-0.1, -0.05) is 12.1 Å². The van der Waals surface area contributed by atoms with Gasteiger partial charge in [0, 0.05) is 32.1 Å². The average molecular weight is 214 g/mol. The van der Waals surface area contributed by atoms with Crippen molar-refractivity contribution in [1.82, 2.24) is 10.2 Å². The number of H-pyrrole nitrogens is 1. The first-order valence-corrected chi connectivity index (χ1v) is 5.06. The predicted octanol–water partition coefficient (Wildman–Crippen LogP) is 2.23. The molecule has 0 saturated carbocycles. The Hall–Kier alpha value is -2.10. The van der Waals surface area contributed by atoms with Crippen LogP contribution in [0.25, 0.3) is 0 Å². The van der Waals surface area contributed by atoms with E-state index >= 15 is 0 Å². The van der Waals surface area contributed by atoms with Crippen LogP contribution >= 0.6 is 0 Å². The molecule has 0 amide bonds. The zero-order valence-electron chi connectivity index (χ0n) is 9.38. The molecule has 0 unspecified atom stereocenters. The van der Waals surface area contributed by atoms with Crippen LogP contribution in [0.15, 0.2) is 41.5 Å². The molecule has 0 aliphatic carbocycles. The number of benzene rings is 1. The molecule has 1 heterocycles. The maximum absolute atomic E-state index is 4.25. The second kappa shape index (κ2) is 4.61. The summed E-state index contributed by atoms with van der Waals surface area (Å²) in [5.74, 6) is 0.761. The summed E-state index contributed by atoms with van der Waals surface area (Å²) in [6.07, 6.45) is 3.49. The molecule has 2 rings (SSSR count). The van der Waals surface area contributed by atoms with E-state index < -0.39 is 0 Å². The fraction of sp³-hybridized carbons (Fsp3) is 0.167. The summed E-state index contributed by atoms with van der Waals surface area (Å²) in [6, 6.07) is 10.0. The van der Waals surface area contributed by atoms with E-state index in [9.17, 15) is 0 Å². The van der Waals surface area contributed by atoms with Gasteiger partial charge in [0.25, 0.3) is 0 Å². The van der Waals surface area contributed by atoms with E-state index in [1.807, 2.05) is 38.5 Å². The highest BCUT2D eigenvalue weighted by molar-refractivity contribution is 5.82. The molecule has 0 bridgehead atoms. The van der Waals surface area contributed by atoms with Crippen LogP contribution in [0.1, 0.15) is 5.56 Å². The van der Waals surface area contributed by atoms with Crippen molar-refractivity contribution >= 4 is 17.7 Å². The molecule has 2 aromatic rings. The number of nitrogens with zero attached hydrogens (tertiary/aromatic N) is 3. The predicted molar refractivity (Wildman–Crippen MR) is 66.6 cm³/mol. The van der Waals surface area contributed by atoms with Gasteiger partial charge < -0.3 is 4.90 Å². The first-order valence-electron chi connectivity index (χ1n) is 5.06. The normalized spacial score (nSPS) is 10.9. The zero-order valence-corrected chi connectivity index (χ0v) is 9.38. The van der Waals surface area contributed by atoms with E-state index in [0.717, 1.165) is 11.4 Å². The number of anilines is 1. The minimum Gasteiger partial charge on any atom is -0.378 e. The summed E-state index contributed by atoms with van der Waals surface area (Å²) in [4.78, 5) is 6.32. The minimum atomic E-state index is 0.761. The fourth-order valence-electron chi connectivity index (χ4n) is 1.32. The van der Waals surface area contributed by atoms with Gasteiger partial charge in [0.05, 0.1) is 6.20 Å². The first kappa shape index (κ1) is 10.4. The van der Waals surface area contributed by atoms with Gasteiger partial charge in [-0.2, -0.15) is 5.10 Å². The minimum absolute atomic E-state index is 0.761. The van der Waals surface area contributed by atoms with Crippen LogP contribution in [-0.2, 0) is 0 Å². The van der Waals surface area contributed by atoms with Gasteiger partial charge in [-0.3, -0.25) is 5.10 Å². The Bertz CT molecular complexity index is 454. The van der Waals surface area contributed by atoms with Crippen molar-refractivity contribution in [3.8, 4) is 0 Å². The Labute approximate surface area is 94.6 Å². The number of aliphatic imine (C=N–C) groups is 1. The summed E-state index contributed by atoms with van der Waals surface area (Å²) < 4.78 is 0. The maximum atomic E-state index is 4.25. The Kier molecular flexibility index (Phi) is 3.00. The molecular formula is C12H14N4. The highest BCUT2D eigenvalue weighted by Crippen LogP contribution is 2.12. The van der Waals surface area contributed by atoms with Crippen LogP contribution in [0.2, 0.25) is 0 Å². The second-order valence-corrected chi connectivity index (χ2v) is 3.69. The van der Waals surface area contributed by atoms with Crippen molar-refractivity contribution in [3.63, 3.8) is 0 Å². The van der Waals surface area contributed by atoms with Crippen molar-refractivity contribution < 1.29 is 0 Å². The van der Waals surface area contributed by atoms with Gasteiger partial charge in [0.2, 0.25) is 0 Å². The molecule has 0 fully saturated rings. The highest BCUT2D eigenvalue weighted by atomic mass is 15.1. The summed E-state index contributed by atoms with van der Waals surface area (Å²) >= 11 is 0. The number of rotatable bonds is 3. The molecule has 1 aromatic carbocycles. The SMILES string of the molecule is CN(C)c1ccc(C=Nc2ccn[nH]2)cc1. The van der Waals surface area contributed by atoms with E-state index in [-0.39, 0.29) is 0 Å². The summed E-state index contributed by atoms with van der Waals surface area (Å²) in [5, 5.41) is 6.61. The first-order chi connectivity index (χ1) is 7.75. The Morgan fingerprint density at radius 2 is 1.94 bits per heavy atom. The van der Waals surface area contributed by atoms with E-state index in [1.165, 1.54) is 5.69 Å². The van der Waals surface area contributed by atoms with Crippen molar-refractivity contribution in [2.45, 2.75) is 0 Å². The zero-order chi connectivity index (χ0) is 11.4. The number of aromatic nitrogens is 2. The van der Waals surface area contributed by atoms with Crippen molar-refractivity contribution in [1.29, 1.82) is 0 Å². The maximum Gasteiger partial charge on any atom is 0.147 e. The van der Waals surface area contributed by atoms with Crippen LogP contribution < -0.4 is 4.90 Å².